The van der Waals surface area contributed by atoms with Crippen LogP contribution in [0.4, 0.5) is 10.5 Å². The van der Waals surface area contributed by atoms with Crippen molar-refractivity contribution in [2.45, 2.75) is 44.6 Å². The number of benzene rings is 2. The van der Waals surface area contributed by atoms with Crippen molar-refractivity contribution < 1.29 is 9.53 Å². The van der Waals surface area contributed by atoms with Crippen LogP contribution in [0.25, 0.3) is 10.8 Å². The van der Waals surface area contributed by atoms with E-state index >= 15 is 0 Å². The highest BCUT2D eigenvalue weighted by Crippen LogP contribution is 2.23. The molecule has 1 fully saturated rings. The third-order valence-electron chi connectivity index (χ3n) is 4.55. The number of carbonyl (C=O) groups excluding carboxylic acids is 1. The average Bonchev–Trinajstić information content (AvgIpc) is 2.63. The van der Waals surface area contributed by atoms with Gasteiger partial charge in [0.05, 0.1) is 11.8 Å². The van der Waals surface area contributed by atoms with Crippen LogP contribution in [0.15, 0.2) is 42.5 Å². The Bertz CT molecular complexity index is 660. The number of rotatable bonds is 6. The number of amides is 2. The molecule has 0 radical (unpaired) electrons. The molecular weight excluding hydrogens is 300 g/mol. The minimum Gasteiger partial charge on any atom is -0.378 e. The van der Waals surface area contributed by atoms with Crippen molar-refractivity contribution in [1.82, 2.24) is 5.32 Å². The lowest BCUT2D eigenvalue weighted by Gasteiger charge is -2.21. The van der Waals surface area contributed by atoms with Crippen LogP contribution in [0.1, 0.15) is 38.5 Å². The second-order valence-corrected chi connectivity index (χ2v) is 6.39. The van der Waals surface area contributed by atoms with E-state index in [1.165, 1.54) is 32.1 Å². The monoisotopic (exact) mass is 326 g/mol. The maximum Gasteiger partial charge on any atom is 0.319 e. The Kier molecular flexibility index (Phi) is 6.07. The summed E-state index contributed by atoms with van der Waals surface area (Å²) >= 11 is 0. The lowest BCUT2D eigenvalue weighted by atomic mass is 9.98. The van der Waals surface area contributed by atoms with E-state index < -0.39 is 0 Å². The number of carbonyl (C=O) groups is 1. The highest BCUT2D eigenvalue weighted by molar-refractivity contribution is 6.01. The van der Waals surface area contributed by atoms with Crippen molar-refractivity contribution >= 4 is 22.5 Å². The van der Waals surface area contributed by atoms with Crippen molar-refractivity contribution in [3.8, 4) is 0 Å². The summed E-state index contributed by atoms with van der Waals surface area (Å²) in [4.78, 5) is 12.1. The van der Waals surface area contributed by atoms with Crippen molar-refractivity contribution in [3.63, 3.8) is 0 Å². The molecule has 2 aromatic carbocycles. The molecule has 1 aliphatic rings. The van der Waals surface area contributed by atoms with E-state index in [-0.39, 0.29) is 6.03 Å². The average molecular weight is 326 g/mol. The molecule has 3 rings (SSSR count). The molecule has 4 nitrogen and oxygen atoms in total. The van der Waals surface area contributed by atoms with E-state index in [1.807, 2.05) is 42.5 Å². The Morgan fingerprint density at radius 3 is 2.71 bits per heavy atom. The van der Waals surface area contributed by atoms with Gasteiger partial charge in [0.2, 0.25) is 0 Å². The zero-order valence-corrected chi connectivity index (χ0v) is 14.1. The number of anilines is 1. The standard InChI is InChI=1S/C20H26N2O2/c23-20(21-14-7-15-24-17-10-2-1-3-11-17)22-19-13-6-9-16-8-4-5-12-18(16)19/h4-6,8-9,12-13,17H,1-3,7,10-11,14-15H2,(H2,21,22,23). The minimum absolute atomic E-state index is 0.163. The summed E-state index contributed by atoms with van der Waals surface area (Å²) in [6.07, 6.45) is 7.58. The van der Waals surface area contributed by atoms with Crippen LogP contribution in [-0.4, -0.2) is 25.3 Å². The molecule has 2 aromatic rings. The lowest BCUT2D eigenvalue weighted by molar-refractivity contribution is 0.0276. The first-order valence-electron chi connectivity index (χ1n) is 8.97. The molecule has 0 heterocycles. The van der Waals surface area contributed by atoms with Gasteiger partial charge < -0.3 is 15.4 Å². The van der Waals surface area contributed by atoms with E-state index in [4.69, 9.17) is 4.74 Å². The first-order chi connectivity index (χ1) is 11.8. The predicted molar refractivity (Wildman–Crippen MR) is 98.4 cm³/mol. The topological polar surface area (TPSA) is 50.4 Å². The molecule has 1 aliphatic carbocycles. The minimum atomic E-state index is -0.163. The zero-order valence-electron chi connectivity index (χ0n) is 14.1. The molecule has 2 N–H and O–H groups in total. The van der Waals surface area contributed by atoms with Crippen molar-refractivity contribution in [3.05, 3.63) is 42.5 Å². The van der Waals surface area contributed by atoms with Gasteiger partial charge in [-0.05, 0) is 30.7 Å². The summed E-state index contributed by atoms with van der Waals surface area (Å²) in [5.41, 5.74) is 0.837. The molecule has 128 valence electrons. The normalized spacial score (nSPS) is 15.3. The fourth-order valence-electron chi connectivity index (χ4n) is 3.26. The summed E-state index contributed by atoms with van der Waals surface area (Å²) in [6.45, 7) is 1.35. The van der Waals surface area contributed by atoms with Crippen LogP contribution in [0, 0.1) is 0 Å². The molecule has 0 aliphatic heterocycles. The highest BCUT2D eigenvalue weighted by Gasteiger charge is 2.13. The predicted octanol–water partition coefficient (Wildman–Crippen LogP) is 4.70. The number of hydrogen-bond donors (Lipinski definition) is 2. The Hall–Kier alpha value is -2.07. The van der Waals surface area contributed by atoms with Crippen LogP contribution < -0.4 is 10.6 Å². The smallest absolute Gasteiger partial charge is 0.319 e. The molecule has 0 aromatic heterocycles. The molecule has 0 atom stereocenters. The molecule has 0 bridgehead atoms. The van der Waals surface area contributed by atoms with Crippen LogP contribution in [-0.2, 0) is 4.74 Å². The second kappa shape index (κ2) is 8.69. The van der Waals surface area contributed by atoms with Gasteiger partial charge in [0.1, 0.15) is 0 Å². The van der Waals surface area contributed by atoms with Gasteiger partial charge in [-0.3, -0.25) is 0 Å². The quantitative estimate of drug-likeness (QED) is 0.756. The van der Waals surface area contributed by atoms with E-state index in [1.54, 1.807) is 0 Å². The van der Waals surface area contributed by atoms with Gasteiger partial charge in [0.15, 0.2) is 0 Å². The molecule has 0 unspecified atom stereocenters. The highest BCUT2D eigenvalue weighted by atomic mass is 16.5. The van der Waals surface area contributed by atoms with Crippen molar-refractivity contribution in [2.24, 2.45) is 0 Å². The lowest BCUT2D eigenvalue weighted by Crippen LogP contribution is -2.30. The Balaban J connectivity index is 1.39. The van der Waals surface area contributed by atoms with Gasteiger partial charge in [-0.1, -0.05) is 55.7 Å². The van der Waals surface area contributed by atoms with Gasteiger partial charge in [0.25, 0.3) is 0 Å². The fraction of sp³-hybridized carbons (Fsp3) is 0.450. The van der Waals surface area contributed by atoms with Gasteiger partial charge in [-0.15, -0.1) is 0 Å². The Labute approximate surface area is 143 Å². The fourth-order valence-corrected chi connectivity index (χ4v) is 3.26. The number of ether oxygens (including phenoxy) is 1. The maximum absolute atomic E-state index is 12.1. The first kappa shape index (κ1) is 16.8. The Morgan fingerprint density at radius 1 is 1.04 bits per heavy atom. The summed E-state index contributed by atoms with van der Waals surface area (Å²) in [7, 11) is 0. The van der Waals surface area contributed by atoms with E-state index in [0.29, 0.717) is 12.6 Å². The molecule has 1 saturated carbocycles. The SMILES string of the molecule is O=C(NCCCOC1CCCCC1)Nc1cccc2ccccc12. The van der Waals surface area contributed by atoms with Gasteiger partial charge in [-0.25, -0.2) is 4.79 Å². The van der Waals surface area contributed by atoms with Crippen LogP contribution >= 0.6 is 0 Å². The van der Waals surface area contributed by atoms with Gasteiger partial charge in [0, 0.05) is 18.5 Å². The first-order valence-corrected chi connectivity index (χ1v) is 8.97. The van der Waals surface area contributed by atoms with Crippen molar-refractivity contribution in [1.29, 1.82) is 0 Å². The largest absolute Gasteiger partial charge is 0.378 e. The van der Waals surface area contributed by atoms with Crippen LogP contribution in [0.5, 0.6) is 0 Å². The molecule has 4 heteroatoms. The Morgan fingerprint density at radius 2 is 1.83 bits per heavy atom. The third-order valence-corrected chi connectivity index (χ3v) is 4.55. The second-order valence-electron chi connectivity index (χ2n) is 6.39. The summed E-state index contributed by atoms with van der Waals surface area (Å²) < 4.78 is 5.87. The third kappa shape index (κ3) is 4.71. The molecule has 0 spiro atoms. The van der Waals surface area contributed by atoms with E-state index in [9.17, 15) is 4.79 Å². The summed E-state index contributed by atoms with van der Waals surface area (Å²) in [6, 6.07) is 13.8. The van der Waals surface area contributed by atoms with Crippen molar-refractivity contribution in [2.75, 3.05) is 18.5 Å². The molecule has 2 amide bonds. The summed E-state index contributed by atoms with van der Waals surface area (Å²) in [5, 5.41) is 8.01. The maximum atomic E-state index is 12.1. The van der Waals surface area contributed by atoms with Crippen LogP contribution in [0.2, 0.25) is 0 Å². The number of fused-ring (bicyclic) bond motifs is 1. The number of nitrogens with one attached hydrogen (secondary N) is 2. The number of hydrogen-bond acceptors (Lipinski definition) is 2. The number of urea groups is 1. The van der Waals surface area contributed by atoms with Gasteiger partial charge in [-0.2, -0.15) is 0 Å². The molecular formula is C20H26N2O2. The van der Waals surface area contributed by atoms with E-state index in [0.717, 1.165) is 29.5 Å². The molecule has 24 heavy (non-hydrogen) atoms. The van der Waals surface area contributed by atoms with Gasteiger partial charge >= 0.3 is 6.03 Å². The summed E-state index contributed by atoms with van der Waals surface area (Å²) in [5.74, 6) is 0. The van der Waals surface area contributed by atoms with E-state index in [2.05, 4.69) is 10.6 Å². The zero-order chi connectivity index (χ0) is 16.6. The molecule has 0 saturated heterocycles. The van der Waals surface area contributed by atoms with Crippen LogP contribution in [0.3, 0.4) is 0 Å².